The van der Waals surface area contributed by atoms with Crippen molar-refractivity contribution in [1.82, 2.24) is 5.48 Å². The first-order valence-corrected chi connectivity index (χ1v) is 5.00. The average molecular weight is 194 g/mol. The maximum Gasteiger partial charge on any atom is 0.152 e. The molecule has 1 unspecified atom stereocenters. The highest BCUT2D eigenvalue weighted by atomic mass is 16.6. The minimum absolute atomic E-state index is 0.447. The molecule has 0 radical (unpaired) electrons. The second-order valence-corrected chi connectivity index (χ2v) is 3.71. The van der Waals surface area contributed by atoms with E-state index in [0.29, 0.717) is 5.82 Å². The number of rotatable bonds is 4. The zero-order valence-electron chi connectivity index (χ0n) is 8.75. The summed E-state index contributed by atoms with van der Waals surface area (Å²) in [4.78, 5) is 8.95. The normalized spacial score (nSPS) is 21.8. The Bertz CT molecular complexity index is 246. The zero-order valence-corrected chi connectivity index (χ0v) is 8.75. The van der Waals surface area contributed by atoms with E-state index in [1.165, 1.54) is 12.8 Å². The van der Waals surface area contributed by atoms with Gasteiger partial charge in [-0.25, -0.2) is 10.5 Å². The van der Waals surface area contributed by atoms with Crippen LogP contribution in [0.3, 0.4) is 0 Å². The smallest absolute Gasteiger partial charge is 0.152 e. The maximum absolute atomic E-state index is 5.34. The fraction of sp³-hybridized carbons (Fsp3) is 0.545. The summed E-state index contributed by atoms with van der Waals surface area (Å²) >= 11 is 0. The van der Waals surface area contributed by atoms with Gasteiger partial charge in [0, 0.05) is 6.42 Å². The van der Waals surface area contributed by atoms with Crippen LogP contribution in [0.2, 0.25) is 0 Å². The van der Waals surface area contributed by atoms with Gasteiger partial charge in [-0.3, -0.25) is 0 Å². The summed E-state index contributed by atoms with van der Waals surface area (Å²) in [5, 5.41) is 0. The van der Waals surface area contributed by atoms with Gasteiger partial charge in [-0.15, -0.1) is 0 Å². The topological polar surface area (TPSA) is 33.6 Å². The predicted molar refractivity (Wildman–Crippen MR) is 58.6 cm³/mol. The van der Waals surface area contributed by atoms with Crippen molar-refractivity contribution in [3.8, 4) is 0 Å². The minimum Gasteiger partial charge on any atom is -0.386 e. The predicted octanol–water partition coefficient (Wildman–Crippen LogP) is 2.77. The van der Waals surface area contributed by atoms with Gasteiger partial charge in [0.2, 0.25) is 0 Å². The van der Waals surface area contributed by atoms with Crippen LogP contribution in [0.1, 0.15) is 32.6 Å². The third-order valence-electron chi connectivity index (χ3n) is 2.36. The Morgan fingerprint density at radius 1 is 1.71 bits per heavy atom. The van der Waals surface area contributed by atoms with E-state index in [1.54, 1.807) is 0 Å². The summed E-state index contributed by atoms with van der Waals surface area (Å²) in [6.45, 7) is 9.21. The number of nitrogens with one attached hydrogen (secondary N) is 1. The third-order valence-corrected chi connectivity index (χ3v) is 2.36. The van der Waals surface area contributed by atoms with Crippen molar-refractivity contribution in [2.45, 2.75) is 32.6 Å². The second kappa shape index (κ2) is 5.47. The highest BCUT2D eigenvalue weighted by molar-refractivity contribution is 5.27. The lowest BCUT2D eigenvalue weighted by Crippen LogP contribution is -2.11. The molecule has 3 nitrogen and oxygen atoms in total. The molecule has 0 saturated heterocycles. The molecule has 3 heteroatoms. The van der Waals surface area contributed by atoms with Crippen LogP contribution in [0.4, 0.5) is 0 Å². The molecule has 0 fully saturated rings. The van der Waals surface area contributed by atoms with Crippen LogP contribution in [-0.4, -0.2) is 6.72 Å². The maximum atomic E-state index is 5.34. The summed E-state index contributed by atoms with van der Waals surface area (Å²) < 4.78 is 0. The SMILES string of the molecule is C=NC(=C)NOC1=CCC(C)CCC1. The molecule has 1 rings (SSSR count). The van der Waals surface area contributed by atoms with Crippen LogP contribution >= 0.6 is 0 Å². The second-order valence-electron chi connectivity index (χ2n) is 3.71. The summed E-state index contributed by atoms with van der Waals surface area (Å²) in [5.74, 6) is 2.19. The number of aliphatic imine (C=N–C) groups is 1. The molecule has 1 N–H and O–H groups in total. The van der Waals surface area contributed by atoms with Crippen LogP contribution in [-0.2, 0) is 4.84 Å². The van der Waals surface area contributed by atoms with E-state index in [1.807, 2.05) is 0 Å². The summed E-state index contributed by atoms with van der Waals surface area (Å²) in [6, 6.07) is 0. The van der Waals surface area contributed by atoms with Crippen molar-refractivity contribution in [2.75, 3.05) is 0 Å². The molecule has 0 aliphatic heterocycles. The van der Waals surface area contributed by atoms with Gasteiger partial charge < -0.3 is 4.84 Å². The Morgan fingerprint density at radius 3 is 3.21 bits per heavy atom. The number of hydrogen-bond donors (Lipinski definition) is 1. The molecule has 1 aliphatic carbocycles. The molecule has 0 heterocycles. The van der Waals surface area contributed by atoms with E-state index >= 15 is 0 Å². The molecular weight excluding hydrogens is 176 g/mol. The largest absolute Gasteiger partial charge is 0.386 e. The van der Waals surface area contributed by atoms with Crippen LogP contribution in [0.15, 0.2) is 29.2 Å². The molecule has 14 heavy (non-hydrogen) atoms. The molecule has 0 amide bonds. The van der Waals surface area contributed by atoms with Crippen molar-refractivity contribution < 1.29 is 4.84 Å². The molecule has 1 aliphatic rings. The first-order chi connectivity index (χ1) is 6.72. The number of allylic oxidation sites excluding steroid dienone is 2. The molecule has 0 saturated carbocycles. The van der Waals surface area contributed by atoms with Gasteiger partial charge in [0.25, 0.3) is 0 Å². The van der Waals surface area contributed by atoms with Gasteiger partial charge in [-0.1, -0.05) is 13.5 Å². The Morgan fingerprint density at radius 2 is 2.50 bits per heavy atom. The lowest BCUT2D eigenvalue weighted by Gasteiger charge is -2.09. The Kier molecular flexibility index (Phi) is 4.23. The van der Waals surface area contributed by atoms with Crippen molar-refractivity contribution in [3.63, 3.8) is 0 Å². The van der Waals surface area contributed by atoms with Crippen LogP contribution in [0, 0.1) is 5.92 Å². The summed E-state index contributed by atoms with van der Waals surface area (Å²) in [5.41, 5.74) is 2.65. The van der Waals surface area contributed by atoms with Gasteiger partial charge in [0.05, 0.1) is 0 Å². The fourth-order valence-electron chi connectivity index (χ4n) is 1.43. The summed E-state index contributed by atoms with van der Waals surface area (Å²) in [7, 11) is 0. The standard InChI is InChI=1S/C11H18N2O/c1-9-5-4-6-11(8-7-9)14-13-10(2)12-3/h8-9,13H,2-7H2,1H3. The van der Waals surface area contributed by atoms with E-state index in [9.17, 15) is 0 Å². The summed E-state index contributed by atoms with van der Waals surface area (Å²) in [6.07, 6.45) is 6.67. The van der Waals surface area contributed by atoms with Gasteiger partial charge in [0.15, 0.2) is 5.82 Å². The molecular formula is C11H18N2O. The van der Waals surface area contributed by atoms with Gasteiger partial charge in [-0.2, -0.15) is 0 Å². The minimum atomic E-state index is 0.447. The van der Waals surface area contributed by atoms with E-state index in [-0.39, 0.29) is 0 Å². The first-order valence-electron chi connectivity index (χ1n) is 5.00. The van der Waals surface area contributed by atoms with Crippen LogP contribution in [0.25, 0.3) is 0 Å². The molecule has 0 aromatic carbocycles. The lowest BCUT2D eigenvalue weighted by atomic mass is 10.0. The van der Waals surface area contributed by atoms with Gasteiger partial charge >= 0.3 is 0 Å². The first kappa shape index (κ1) is 10.8. The quantitative estimate of drug-likeness (QED) is 0.551. The average Bonchev–Trinajstić information content (AvgIpc) is 2.39. The van der Waals surface area contributed by atoms with E-state index in [2.05, 4.69) is 36.8 Å². The molecule has 0 spiro atoms. The molecule has 0 aromatic heterocycles. The van der Waals surface area contributed by atoms with Crippen molar-refractivity contribution in [1.29, 1.82) is 0 Å². The Balaban J connectivity index is 2.36. The highest BCUT2D eigenvalue weighted by Gasteiger charge is 2.09. The Labute approximate surface area is 85.5 Å². The highest BCUT2D eigenvalue weighted by Crippen LogP contribution is 2.21. The number of hydrogen-bond acceptors (Lipinski definition) is 3. The fourth-order valence-corrected chi connectivity index (χ4v) is 1.43. The van der Waals surface area contributed by atoms with Gasteiger partial charge in [0.1, 0.15) is 5.76 Å². The lowest BCUT2D eigenvalue weighted by molar-refractivity contribution is 0.123. The van der Waals surface area contributed by atoms with Gasteiger partial charge in [-0.05, 0) is 38.0 Å². The zero-order chi connectivity index (χ0) is 10.4. The third kappa shape index (κ3) is 3.64. The monoisotopic (exact) mass is 194 g/mol. The van der Waals surface area contributed by atoms with Crippen molar-refractivity contribution in [2.24, 2.45) is 10.9 Å². The Hall–Kier alpha value is -1.25. The van der Waals surface area contributed by atoms with E-state index < -0.39 is 0 Å². The molecule has 1 atom stereocenters. The number of nitrogens with zero attached hydrogens (tertiary/aromatic N) is 1. The molecule has 78 valence electrons. The van der Waals surface area contributed by atoms with Crippen LogP contribution in [0.5, 0.6) is 0 Å². The molecule has 0 bridgehead atoms. The van der Waals surface area contributed by atoms with Crippen molar-refractivity contribution in [3.05, 3.63) is 24.2 Å². The van der Waals surface area contributed by atoms with Crippen LogP contribution < -0.4 is 5.48 Å². The van der Waals surface area contributed by atoms with E-state index in [0.717, 1.165) is 24.5 Å². The van der Waals surface area contributed by atoms with E-state index in [4.69, 9.17) is 4.84 Å². The number of hydroxylamine groups is 1. The van der Waals surface area contributed by atoms with Crippen molar-refractivity contribution >= 4 is 6.72 Å². The molecule has 0 aromatic rings.